The highest BCUT2D eigenvalue weighted by molar-refractivity contribution is 14.1. The molecule has 1 saturated heterocycles. The van der Waals surface area contributed by atoms with Crippen LogP contribution < -0.4 is 9.80 Å². The van der Waals surface area contributed by atoms with Crippen molar-refractivity contribution in [2.75, 3.05) is 9.80 Å². The van der Waals surface area contributed by atoms with Crippen LogP contribution in [0.15, 0.2) is 90.5 Å². The Kier molecular flexibility index (Phi) is 5.55. The lowest BCUT2D eigenvalue weighted by atomic mass is 10.1. The molecule has 6 heteroatoms. The first-order valence-electron chi connectivity index (χ1n) is 8.86. The van der Waals surface area contributed by atoms with Gasteiger partial charge in [-0.3, -0.25) is 19.4 Å². The van der Waals surface area contributed by atoms with Crippen molar-refractivity contribution < 1.29 is 9.59 Å². The second-order valence-electron chi connectivity index (χ2n) is 6.34. The Morgan fingerprint density at radius 1 is 0.690 bits per heavy atom. The highest BCUT2D eigenvalue weighted by Crippen LogP contribution is 2.29. The summed E-state index contributed by atoms with van der Waals surface area (Å²) >= 11 is 7.80. The van der Waals surface area contributed by atoms with Crippen LogP contribution in [0.2, 0.25) is 0 Å². The number of halogens is 1. The van der Waals surface area contributed by atoms with Gasteiger partial charge >= 0.3 is 0 Å². The molecule has 142 valence electrons. The van der Waals surface area contributed by atoms with Crippen molar-refractivity contribution in [3.05, 3.63) is 99.6 Å². The van der Waals surface area contributed by atoms with Crippen LogP contribution in [0.25, 0.3) is 6.08 Å². The number of rotatable bonds is 3. The monoisotopic (exact) mass is 510 g/mol. The van der Waals surface area contributed by atoms with E-state index in [2.05, 4.69) is 22.6 Å². The van der Waals surface area contributed by atoms with Crippen LogP contribution in [0.5, 0.6) is 0 Å². The van der Waals surface area contributed by atoms with Gasteiger partial charge in [-0.2, -0.15) is 0 Å². The van der Waals surface area contributed by atoms with Crippen molar-refractivity contribution in [3.63, 3.8) is 0 Å². The van der Waals surface area contributed by atoms with Crippen molar-refractivity contribution in [2.45, 2.75) is 0 Å². The molecular formula is C23H15IN2O2S. The summed E-state index contributed by atoms with van der Waals surface area (Å²) in [6.45, 7) is 0. The normalized spacial score (nSPS) is 14.4. The summed E-state index contributed by atoms with van der Waals surface area (Å²) in [5.41, 5.74) is 2.07. The zero-order valence-electron chi connectivity index (χ0n) is 15.2. The van der Waals surface area contributed by atoms with Gasteiger partial charge in [0.2, 0.25) is 0 Å². The van der Waals surface area contributed by atoms with Crippen LogP contribution in [0.1, 0.15) is 5.56 Å². The van der Waals surface area contributed by atoms with E-state index in [0.29, 0.717) is 11.4 Å². The van der Waals surface area contributed by atoms with Crippen LogP contribution in [-0.2, 0) is 9.59 Å². The molecule has 3 aromatic carbocycles. The van der Waals surface area contributed by atoms with Crippen LogP contribution in [0.4, 0.5) is 11.4 Å². The molecule has 1 aliphatic heterocycles. The number of hydrogen-bond acceptors (Lipinski definition) is 3. The molecule has 0 unspecified atom stereocenters. The Balaban J connectivity index is 1.86. The van der Waals surface area contributed by atoms with Gasteiger partial charge in [-0.05, 0) is 82.8 Å². The van der Waals surface area contributed by atoms with Crippen molar-refractivity contribution in [2.24, 2.45) is 0 Å². The zero-order chi connectivity index (χ0) is 20.4. The third kappa shape index (κ3) is 3.86. The molecule has 3 aromatic rings. The molecule has 1 heterocycles. The minimum absolute atomic E-state index is 0.0625. The molecule has 1 fully saturated rings. The Morgan fingerprint density at radius 2 is 1.14 bits per heavy atom. The zero-order valence-corrected chi connectivity index (χ0v) is 18.1. The van der Waals surface area contributed by atoms with Gasteiger partial charge < -0.3 is 0 Å². The van der Waals surface area contributed by atoms with E-state index >= 15 is 0 Å². The molecule has 0 radical (unpaired) electrons. The largest absolute Gasteiger partial charge is 0.270 e. The number of amides is 2. The lowest BCUT2D eigenvalue weighted by Gasteiger charge is -2.36. The average molecular weight is 510 g/mol. The molecule has 4 rings (SSSR count). The minimum atomic E-state index is -0.433. The van der Waals surface area contributed by atoms with Crippen LogP contribution >= 0.6 is 34.8 Å². The topological polar surface area (TPSA) is 40.6 Å². The second-order valence-corrected chi connectivity index (χ2v) is 7.96. The molecule has 0 aliphatic carbocycles. The summed E-state index contributed by atoms with van der Waals surface area (Å²) in [5.74, 6) is -0.867. The van der Waals surface area contributed by atoms with E-state index < -0.39 is 11.8 Å². The molecule has 0 atom stereocenters. The average Bonchev–Trinajstić information content (AvgIpc) is 2.74. The van der Waals surface area contributed by atoms with Crippen molar-refractivity contribution in [1.29, 1.82) is 0 Å². The Hall–Kier alpha value is -2.84. The van der Waals surface area contributed by atoms with Gasteiger partial charge in [0.25, 0.3) is 11.8 Å². The van der Waals surface area contributed by atoms with Crippen LogP contribution in [-0.4, -0.2) is 16.9 Å². The molecule has 1 aliphatic rings. The molecule has 2 amide bonds. The number of para-hydroxylation sites is 2. The predicted octanol–water partition coefficient (Wildman–Crippen LogP) is 5.04. The van der Waals surface area contributed by atoms with Gasteiger partial charge in [0, 0.05) is 3.57 Å². The second kappa shape index (κ2) is 8.26. The fourth-order valence-electron chi connectivity index (χ4n) is 3.06. The Bertz CT molecular complexity index is 1050. The smallest absolute Gasteiger partial charge is 0.268 e. The van der Waals surface area contributed by atoms with Gasteiger partial charge in [0.15, 0.2) is 5.11 Å². The van der Waals surface area contributed by atoms with E-state index in [1.165, 1.54) is 9.80 Å². The van der Waals surface area contributed by atoms with Gasteiger partial charge in [-0.25, -0.2) is 0 Å². The van der Waals surface area contributed by atoms with E-state index in [0.717, 1.165) is 9.13 Å². The maximum absolute atomic E-state index is 13.3. The third-order valence-corrected chi connectivity index (χ3v) is 5.54. The number of hydrogen-bond donors (Lipinski definition) is 0. The number of anilines is 2. The first-order chi connectivity index (χ1) is 14.1. The van der Waals surface area contributed by atoms with E-state index in [9.17, 15) is 9.59 Å². The Morgan fingerprint density at radius 3 is 1.59 bits per heavy atom. The van der Waals surface area contributed by atoms with Crippen molar-refractivity contribution in [3.8, 4) is 0 Å². The molecule has 4 nitrogen and oxygen atoms in total. The van der Waals surface area contributed by atoms with E-state index in [-0.39, 0.29) is 10.7 Å². The fourth-order valence-corrected chi connectivity index (χ4v) is 3.80. The van der Waals surface area contributed by atoms with E-state index in [1.807, 2.05) is 60.7 Å². The van der Waals surface area contributed by atoms with Crippen LogP contribution in [0, 0.1) is 3.57 Å². The molecule has 0 saturated carbocycles. The molecule has 0 spiro atoms. The third-order valence-electron chi connectivity index (χ3n) is 4.46. The summed E-state index contributed by atoms with van der Waals surface area (Å²) in [5, 5.41) is 0.136. The highest BCUT2D eigenvalue weighted by atomic mass is 127. The lowest BCUT2D eigenvalue weighted by molar-refractivity contribution is -0.120. The van der Waals surface area contributed by atoms with Gasteiger partial charge in [0.1, 0.15) is 5.57 Å². The number of carbonyl (C=O) groups is 2. The van der Waals surface area contributed by atoms with Gasteiger partial charge in [0.05, 0.1) is 11.4 Å². The summed E-state index contributed by atoms with van der Waals surface area (Å²) in [4.78, 5) is 29.4. The summed E-state index contributed by atoms with van der Waals surface area (Å²) in [7, 11) is 0. The van der Waals surface area contributed by atoms with Crippen LogP contribution in [0.3, 0.4) is 0 Å². The lowest BCUT2D eigenvalue weighted by Crippen LogP contribution is -2.56. The Labute approximate surface area is 187 Å². The molecular weight excluding hydrogens is 495 g/mol. The maximum atomic E-state index is 13.3. The van der Waals surface area contributed by atoms with Crippen molar-refractivity contribution in [1.82, 2.24) is 0 Å². The molecule has 0 bridgehead atoms. The quantitative estimate of drug-likeness (QED) is 0.215. The fraction of sp³-hybridized carbons (Fsp3) is 0. The SMILES string of the molecule is O=C1C(=Cc2ccc(I)cc2)C(=O)N(c2ccccc2)C(=S)N1c1ccccc1. The van der Waals surface area contributed by atoms with E-state index in [4.69, 9.17) is 12.2 Å². The molecule has 0 N–H and O–H groups in total. The summed E-state index contributed by atoms with van der Waals surface area (Å²) in [6, 6.07) is 25.9. The number of thiocarbonyl (C=S) groups is 1. The highest BCUT2D eigenvalue weighted by Gasteiger charge is 2.41. The summed E-state index contributed by atoms with van der Waals surface area (Å²) < 4.78 is 1.07. The minimum Gasteiger partial charge on any atom is -0.268 e. The number of benzene rings is 3. The predicted molar refractivity (Wildman–Crippen MR) is 128 cm³/mol. The first-order valence-corrected chi connectivity index (χ1v) is 10.4. The number of carbonyl (C=O) groups excluding carboxylic acids is 2. The van der Waals surface area contributed by atoms with Gasteiger partial charge in [-0.1, -0.05) is 48.5 Å². The maximum Gasteiger partial charge on any atom is 0.270 e. The van der Waals surface area contributed by atoms with E-state index in [1.54, 1.807) is 30.3 Å². The first kappa shape index (κ1) is 19.5. The molecule has 0 aromatic heterocycles. The molecule has 29 heavy (non-hydrogen) atoms. The van der Waals surface area contributed by atoms with Gasteiger partial charge in [-0.15, -0.1) is 0 Å². The standard InChI is InChI=1S/C23H15IN2O2S/c24-17-13-11-16(12-14-17)15-20-21(27)25(18-7-3-1-4-8-18)23(29)26(22(20)28)19-9-5-2-6-10-19/h1-15H. The van der Waals surface area contributed by atoms with Crippen molar-refractivity contribution >= 4 is 69.2 Å². The summed E-state index contributed by atoms with van der Waals surface area (Å²) in [6.07, 6.45) is 1.62. The number of nitrogens with zero attached hydrogens (tertiary/aromatic N) is 2.